The van der Waals surface area contributed by atoms with Gasteiger partial charge in [0.05, 0.1) is 19.4 Å². The maximum Gasteiger partial charge on any atom is 0.325 e. The van der Waals surface area contributed by atoms with Crippen molar-refractivity contribution < 1.29 is 14.6 Å². The maximum absolute atomic E-state index is 11.6. The number of hydrogen-bond donors (Lipinski definition) is 1. The van der Waals surface area contributed by atoms with Gasteiger partial charge in [-0.3, -0.25) is 14.4 Å². The first-order valence-electron chi connectivity index (χ1n) is 7.15. The molecule has 2 heterocycles. The minimum absolute atomic E-state index is 0.589. The van der Waals surface area contributed by atoms with E-state index in [0.29, 0.717) is 32.2 Å². The molecule has 0 saturated carbocycles. The van der Waals surface area contributed by atoms with Crippen molar-refractivity contribution in [3.8, 4) is 0 Å². The molecular formula is C14H23N3O3. The van der Waals surface area contributed by atoms with Gasteiger partial charge < -0.3 is 9.84 Å². The molecule has 0 amide bonds. The number of rotatable bonds is 6. The lowest BCUT2D eigenvalue weighted by Crippen LogP contribution is -2.42. The number of carbonyl (C=O) groups is 1. The topological polar surface area (TPSA) is 67.6 Å². The Balaban J connectivity index is 2.07. The molecule has 1 aromatic heterocycles. The van der Waals surface area contributed by atoms with Gasteiger partial charge in [0.2, 0.25) is 0 Å². The van der Waals surface area contributed by atoms with Crippen molar-refractivity contribution in [2.24, 2.45) is 5.92 Å². The second-order valence-corrected chi connectivity index (χ2v) is 5.61. The van der Waals surface area contributed by atoms with Crippen molar-refractivity contribution >= 4 is 5.97 Å². The highest BCUT2D eigenvalue weighted by Gasteiger charge is 2.29. The number of morpholine rings is 1. The Labute approximate surface area is 119 Å². The Bertz CT molecular complexity index is 439. The third kappa shape index (κ3) is 3.80. The number of aliphatic carboxylic acids is 1. The zero-order valence-electron chi connectivity index (χ0n) is 12.2. The van der Waals surface area contributed by atoms with Crippen molar-refractivity contribution in [2.75, 3.05) is 26.3 Å². The lowest BCUT2D eigenvalue weighted by atomic mass is 10.1. The molecule has 20 heavy (non-hydrogen) atoms. The van der Waals surface area contributed by atoms with Gasteiger partial charge >= 0.3 is 5.97 Å². The van der Waals surface area contributed by atoms with Gasteiger partial charge in [-0.05, 0) is 12.3 Å². The summed E-state index contributed by atoms with van der Waals surface area (Å²) in [6.07, 6.45) is 4.57. The first-order valence-corrected chi connectivity index (χ1v) is 7.15. The van der Waals surface area contributed by atoms with Crippen LogP contribution in [0, 0.1) is 5.92 Å². The normalized spacial score (nSPS) is 18.4. The summed E-state index contributed by atoms with van der Waals surface area (Å²) in [5.41, 5.74) is 0.753. The predicted molar refractivity (Wildman–Crippen MR) is 74.5 cm³/mol. The summed E-state index contributed by atoms with van der Waals surface area (Å²) in [4.78, 5) is 13.5. The molecule has 0 unspecified atom stereocenters. The van der Waals surface area contributed by atoms with Gasteiger partial charge in [-0.15, -0.1) is 0 Å². The highest BCUT2D eigenvalue weighted by atomic mass is 16.5. The van der Waals surface area contributed by atoms with E-state index >= 15 is 0 Å². The van der Waals surface area contributed by atoms with E-state index in [1.54, 1.807) is 6.20 Å². The largest absolute Gasteiger partial charge is 0.480 e. The first-order chi connectivity index (χ1) is 9.58. The van der Waals surface area contributed by atoms with Crippen LogP contribution in [0.25, 0.3) is 0 Å². The van der Waals surface area contributed by atoms with Crippen LogP contribution in [0.15, 0.2) is 12.4 Å². The fraction of sp³-hybridized carbons (Fsp3) is 0.714. The smallest absolute Gasteiger partial charge is 0.325 e. The van der Waals surface area contributed by atoms with E-state index in [1.807, 2.05) is 15.8 Å². The molecule has 1 aliphatic rings. The van der Waals surface area contributed by atoms with Crippen LogP contribution in [0.3, 0.4) is 0 Å². The van der Waals surface area contributed by atoms with Crippen molar-refractivity contribution in [3.63, 3.8) is 0 Å². The Morgan fingerprint density at radius 2 is 2.15 bits per heavy atom. The summed E-state index contributed by atoms with van der Waals surface area (Å²) in [7, 11) is 0. The summed E-state index contributed by atoms with van der Waals surface area (Å²) in [6, 6.07) is -0.619. The van der Waals surface area contributed by atoms with Crippen molar-refractivity contribution in [1.82, 2.24) is 14.7 Å². The molecule has 1 atom stereocenters. The van der Waals surface area contributed by atoms with E-state index in [0.717, 1.165) is 18.5 Å². The quantitative estimate of drug-likeness (QED) is 0.853. The molecule has 0 aromatic carbocycles. The van der Waals surface area contributed by atoms with Gasteiger partial charge in [0.1, 0.15) is 6.04 Å². The summed E-state index contributed by atoms with van der Waals surface area (Å²) < 4.78 is 7.12. The van der Waals surface area contributed by atoms with Crippen LogP contribution < -0.4 is 0 Å². The van der Waals surface area contributed by atoms with Crippen LogP contribution in [0.1, 0.15) is 31.9 Å². The van der Waals surface area contributed by atoms with E-state index in [1.165, 1.54) is 0 Å². The molecular weight excluding hydrogens is 258 g/mol. The molecule has 1 aliphatic heterocycles. The van der Waals surface area contributed by atoms with Gasteiger partial charge in [-0.1, -0.05) is 13.8 Å². The Hall–Kier alpha value is -1.40. The third-order valence-electron chi connectivity index (χ3n) is 3.55. The van der Waals surface area contributed by atoms with Crippen LogP contribution in [0.4, 0.5) is 0 Å². The van der Waals surface area contributed by atoms with Crippen LogP contribution in [-0.4, -0.2) is 52.1 Å². The van der Waals surface area contributed by atoms with Gasteiger partial charge in [-0.25, -0.2) is 0 Å². The third-order valence-corrected chi connectivity index (χ3v) is 3.55. The highest BCUT2D eigenvalue weighted by Crippen LogP contribution is 2.22. The monoisotopic (exact) mass is 281 g/mol. The van der Waals surface area contributed by atoms with Gasteiger partial charge in [0, 0.05) is 31.4 Å². The number of hydrogen-bond acceptors (Lipinski definition) is 4. The lowest BCUT2D eigenvalue weighted by Gasteiger charge is -2.31. The van der Waals surface area contributed by atoms with Crippen molar-refractivity contribution in [1.29, 1.82) is 0 Å². The molecule has 6 heteroatoms. The fourth-order valence-corrected chi connectivity index (χ4v) is 2.38. The van der Waals surface area contributed by atoms with Crippen LogP contribution in [-0.2, 0) is 16.1 Å². The minimum atomic E-state index is -0.824. The summed E-state index contributed by atoms with van der Waals surface area (Å²) >= 11 is 0. The minimum Gasteiger partial charge on any atom is -0.480 e. The van der Waals surface area contributed by atoms with E-state index in [-0.39, 0.29) is 0 Å². The van der Waals surface area contributed by atoms with Gasteiger partial charge in [0.15, 0.2) is 0 Å². The zero-order chi connectivity index (χ0) is 14.5. The molecule has 2 rings (SSSR count). The Kier molecular flexibility index (Phi) is 5.14. The molecule has 6 nitrogen and oxygen atoms in total. The molecule has 1 N–H and O–H groups in total. The van der Waals surface area contributed by atoms with Crippen molar-refractivity contribution in [3.05, 3.63) is 18.0 Å². The number of carboxylic acids is 1. The standard InChI is InChI=1S/C14H23N3O3/c1-11(2)3-4-17-10-12(9-15-17)13(14(18)19)16-5-7-20-8-6-16/h9-11,13H,3-8H2,1-2H3,(H,18,19)/t13-/m1/s1. The summed E-state index contributed by atoms with van der Waals surface area (Å²) in [6.45, 7) is 7.63. The summed E-state index contributed by atoms with van der Waals surface area (Å²) in [5, 5.41) is 13.8. The van der Waals surface area contributed by atoms with Crippen LogP contribution in [0.2, 0.25) is 0 Å². The van der Waals surface area contributed by atoms with Gasteiger partial charge in [0.25, 0.3) is 0 Å². The molecule has 0 spiro atoms. The maximum atomic E-state index is 11.6. The van der Waals surface area contributed by atoms with E-state index in [4.69, 9.17) is 4.74 Å². The van der Waals surface area contributed by atoms with Gasteiger partial charge in [-0.2, -0.15) is 5.10 Å². The highest BCUT2D eigenvalue weighted by molar-refractivity contribution is 5.75. The predicted octanol–water partition coefficient (Wildman–Crippen LogP) is 1.39. The van der Waals surface area contributed by atoms with E-state index in [2.05, 4.69) is 18.9 Å². The number of aromatic nitrogens is 2. The fourth-order valence-electron chi connectivity index (χ4n) is 2.38. The SMILES string of the molecule is CC(C)CCn1cc([C@H](C(=O)O)N2CCOCC2)cn1. The second-order valence-electron chi connectivity index (χ2n) is 5.61. The zero-order valence-corrected chi connectivity index (χ0v) is 12.2. The first kappa shape index (κ1) is 15.0. The Morgan fingerprint density at radius 1 is 1.45 bits per heavy atom. The number of nitrogens with zero attached hydrogens (tertiary/aromatic N) is 3. The van der Waals surface area contributed by atoms with Crippen molar-refractivity contribution in [2.45, 2.75) is 32.9 Å². The van der Waals surface area contributed by atoms with Crippen LogP contribution >= 0.6 is 0 Å². The molecule has 0 aliphatic carbocycles. The number of ether oxygens (including phenoxy) is 1. The molecule has 1 aromatic rings. The summed E-state index contributed by atoms with van der Waals surface area (Å²) in [5.74, 6) is -0.215. The average Bonchev–Trinajstić information content (AvgIpc) is 2.86. The number of carboxylic acid groups (broad SMARTS) is 1. The lowest BCUT2D eigenvalue weighted by molar-refractivity contribution is -0.145. The molecule has 1 saturated heterocycles. The van der Waals surface area contributed by atoms with Crippen LogP contribution in [0.5, 0.6) is 0 Å². The molecule has 112 valence electrons. The van der Waals surface area contributed by atoms with E-state index in [9.17, 15) is 9.90 Å². The molecule has 0 radical (unpaired) electrons. The number of aryl methyl sites for hydroxylation is 1. The Morgan fingerprint density at radius 3 is 2.75 bits per heavy atom. The van der Waals surface area contributed by atoms with E-state index < -0.39 is 12.0 Å². The molecule has 0 bridgehead atoms. The molecule has 1 fully saturated rings. The second kappa shape index (κ2) is 6.85. The average molecular weight is 281 g/mol.